The third-order valence-corrected chi connectivity index (χ3v) is 8.80. The van der Waals surface area contributed by atoms with E-state index in [1.165, 1.54) is 35.8 Å². The van der Waals surface area contributed by atoms with Crippen molar-refractivity contribution in [3.05, 3.63) is 18.0 Å². The van der Waals surface area contributed by atoms with Gasteiger partial charge in [0.1, 0.15) is 10.6 Å². The molecule has 6 rings (SSSR count). The molecule has 5 aliphatic rings. The van der Waals surface area contributed by atoms with Gasteiger partial charge < -0.3 is 15.0 Å². The van der Waals surface area contributed by atoms with E-state index in [0.29, 0.717) is 32.0 Å². The van der Waals surface area contributed by atoms with Gasteiger partial charge >= 0.3 is 0 Å². The molecule has 148 valence electrons. The summed E-state index contributed by atoms with van der Waals surface area (Å²) >= 11 is 0. The van der Waals surface area contributed by atoms with Gasteiger partial charge in [-0.15, -0.1) is 0 Å². The van der Waals surface area contributed by atoms with E-state index >= 15 is 0 Å². The van der Waals surface area contributed by atoms with Gasteiger partial charge in [0.25, 0.3) is 5.91 Å². The van der Waals surface area contributed by atoms with Gasteiger partial charge in [-0.3, -0.25) is 4.79 Å². The molecule has 27 heavy (non-hydrogen) atoms. The van der Waals surface area contributed by atoms with Crippen molar-refractivity contribution in [3.63, 3.8) is 0 Å². The van der Waals surface area contributed by atoms with Crippen molar-refractivity contribution in [2.75, 3.05) is 26.3 Å². The van der Waals surface area contributed by atoms with Gasteiger partial charge in [-0.2, -0.15) is 4.31 Å². The Morgan fingerprint density at radius 2 is 1.70 bits per heavy atom. The maximum absolute atomic E-state index is 12.9. The summed E-state index contributed by atoms with van der Waals surface area (Å²) in [7, 11) is -3.59. The summed E-state index contributed by atoms with van der Waals surface area (Å²) in [6.45, 7) is 1.51. The fraction of sp³-hybridized carbons (Fsp3) is 0.737. The molecule has 0 aromatic carbocycles. The molecule has 0 spiro atoms. The second kappa shape index (κ2) is 6.32. The Balaban J connectivity index is 1.32. The van der Waals surface area contributed by atoms with Gasteiger partial charge in [-0.25, -0.2) is 8.42 Å². The van der Waals surface area contributed by atoms with Crippen LogP contribution in [0.2, 0.25) is 0 Å². The number of rotatable bonds is 4. The molecule has 4 aliphatic carbocycles. The lowest BCUT2D eigenvalue weighted by Gasteiger charge is -2.56. The van der Waals surface area contributed by atoms with Crippen molar-refractivity contribution >= 4 is 15.9 Å². The summed E-state index contributed by atoms with van der Waals surface area (Å²) in [6.07, 6.45) is 8.61. The number of morpholine rings is 1. The summed E-state index contributed by atoms with van der Waals surface area (Å²) in [5, 5.41) is 3.29. The third kappa shape index (κ3) is 3.11. The Labute approximate surface area is 159 Å². The molecule has 5 fully saturated rings. The lowest BCUT2D eigenvalue weighted by Crippen LogP contribution is -2.59. The quantitative estimate of drug-likeness (QED) is 0.815. The minimum absolute atomic E-state index is 0.0831. The number of hydrogen-bond donors (Lipinski definition) is 2. The standard InChI is InChI=1S/C19H27N3O4S/c23-18(21-19-9-13-5-14(10-19)7-15(6-13)11-19)17-8-16(12-20-17)27(24,25)22-1-3-26-4-2-22/h8,12-15,20H,1-7,9-11H2,(H,21,23). The highest BCUT2D eigenvalue weighted by Crippen LogP contribution is 2.55. The van der Waals surface area contributed by atoms with Crippen LogP contribution in [0.25, 0.3) is 0 Å². The smallest absolute Gasteiger partial charge is 0.268 e. The number of carbonyl (C=O) groups excluding carboxylic acids is 1. The average molecular weight is 394 g/mol. The van der Waals surface area contributed by atoms with E-state index in [2.05, 4.69) is 10.3 Å². The van der Waals surface area contributed by atoms with Crippen LogP contribution in [0.1, 0.15) is 49.0 Å². The third-order valence-electron chi connectivity index (χ3n) is 6.93. The Hall–Kier alpha value is -1.38. The monoisotopic (exact) mass is 393 g/mol. The van der Waals surface area contributed by atoms with Crippen LogP contribution in [0.4, 0.5) is 0 Å². The van der Waals surface area contributed by atoms with E-state index in [4.69, 9.17) is 4.74 Å². The molecule has 8 heteroatoms. The van der Waals surface area contributed by atoms with Gasteiger partial charge in [0.15, 0.2) is 0 Å². The Kier molecular flexibility index (Phi) is 4.14. The number of nitrogens with zero attached hydrogens (tertiary/aromatic N) is 1. The van der Waals surface area contributed by atoms with Crippen LogP contribution in [-0.2, 0) is 14.8 Å². The summed E-state index contributed by atoms with van der Waals surface area (Å²) in [4.78, 5) is 15.9. The molecular weight excluding hydrogens is 366 g/mol. The number of carbonyl (C=O) groups is 1. The van der Waals surface area contributed by atoms with Crippen molar-refractivity contribution in [1.29, 1.82) is 0 Å². The molecule has 0 atom stereocenters. The molecule has 2 heterocycles. The highest BCUT2D eigenvalue weighted by molar-refractivity contribution is 7.89. The first-order valence-electron chi connectivity index (χ1n) is 10.0. The van der Waals surface area contributed by atoms with E-state index in [9.17, 15) is 13.2 Å². The van der Waals surface area contributed by atoms with E-state index in [1.807, 2.05) is 0 Å². The van der Waals surface area contributed by atoms with Crippen molar-refractivity contribution in [1.82, 2.24) is 14.6 Å². The second-order valence-electron chi connectivity index (χ2n) is 8.92. The van der Waals surface area contributed by atoms with Crippen molar-refractivity contribution in [2.24, 2.45) is 17.8 Å². The first-order valence-corrected chi connectivity index (χ1v) is 11.5. The highest BCUT2D eigenvalue weighted by atomic mass is 32.2. The minimum Gasteiger partial charge on any atom is -0.379 e. The molecular formula is C19H27N3O4S. The molecule has 0 unspecified atom stereocenters. The largest absolute Gasteiger partial charge is 0.379 e. The fourth-order valence-electron chi connectivity index (χ4n) is 6.16. The molecule has 1 aromatic heterocycles. The maximum atomic E-state index is 12.9. The van der Waals surface area contributed by atoms with Gasteiger partial charge in [0.2, 0.25) is 10.0 Å². The van der Waals surface area contributed by atoms with Gasteiger partial charge in [0, 0.05) is 24.8 Å². The molecule has 4 bridgehead atoms. The van der Waals surface area contributed by atoms with Crippen LogP contribution in [0.3, 0.4) is 0 Å². The van der Waals surface area contributed by atoms with Crippen LogP contribution in [-0.4, -0.2) is 55.5 Å². The maximum Gasteiger partial charge on any atom is 0.268 e. The number of hydrogen-bond acceptors (Lipinski definition) is 4. The van der Waals surface area contributed by atoms with E-state index in [-0.39, 0.29) is 16.3 Å². The van der Waals surface area contributed by atoms with Crippen molar-refractivity contribution < 1.29 is 17.9 Å². The van der Waals surface area contributed by atoms with E-state index in [0.717, 1.165) is 37.0 Å². The van der Waals surface area contributed by atoms with Crippen molar-refractivity contribution in [3.8, 4) is 0 Å². The van der Waals surface area contributed by atoms with Crippen LogP contribution in [0.5, 0.6) is 0 Å². The Morgan fingerprint density at radius 3 is 2.30 bits per heavy atom. The number of nitrogens with one attached hydrogen (secondary N) is 2. The average Bonchev–Trinajstić information content (AvgIpc) is 3.12. The first kappa shape index (κ1) is 17.7. The zero-order valence-electron chi connectivity index (χ0n) is 15.4. The second-order valence-corrected chi connectivity index (χ2v) is 10.9. The summed E-state index contributed by atoms with van der Waals surface area (Å²) in [5.74, 6) is 2.06. The highest BCUT2D eigenvalue weighted by Gasteiger charge is 2.51. The van der Waals surface area contributed by atoms with Gasteiger partial charge in [-0.1, -0.05) is 0 Å². The van der Waals surface area contributed by atoms with Crippen LogP contribution < -0.4 is 5.32 Å². The number of sulfonamides is 1. The fourth-order valence-corrected chi connectivity index (χ4v) is 7.57. The minimum atomic E-state index is -3.59. The number of H-pyrrole nitrogens is 1. The summed E-state index contributed by atoms with van der Waals surface area (Å²) in [5.41, 5.74) is 0.248. The van der Waals surface area contributed by atoms with Gasteiger partial charge in [0.05, 0.1) is 13.2 Å². The number of aromatic nitrogens is 1. The molecule has 1 aromatic rings. The van der Waals surface area contributed by atoms with E-state index in [1.54, 1.807) is 0 Å². The lowest BCUT2D eigenvalue weighted by molar-refractivity contribution is -0.0167. The Morgan fingerprint density at radius 1 is 1.11 bits per heavy atom. The molecule has 1 amide bonds. The zero-order valence-corrected chi connectivity index (χ0v) is 16.3. The molecule has 1 saturated heterocycles. The first-order chi connectivity index (χ1) is 12.9. The molecule has 1 aliphatic heterocycles. The van der Waals surface area contributed by atoms with Crippen LogP contribution in [0, 0.1) is 17.8 Å². The zero-order chi connectivity index (χ0) is 18.6. The molecule has 0 radical (unpaired) electrons. The molecule has 7 nitrogen and oxygen atoms in total. The van der Waals surface area contributed by atoms with Crippen LogP contribution in [0.15, 0.2) is 17.2 Å². The predicted molar refractivity (Wildman–Crippen MR) is 98.7 cm³/mol. The van der Waals surface area contributed by atoms with Gasteiger partial charge in [-0.05, 0) is 62.3 Å². The van der Waals surface area contributed by atoms with Crippen LogP contribution >= 0.6 is 0 Å². The predicted octanol–water partition coefficient (Wildman–Crippen LogP) is 1.73. The summed E-state index contributed by atoms with van der Waals surface area (Å²) in [6, 6.07) is 1.47. The molecule has 4 saturated carbocycles. The normalized spacial score (nSPS) is 36.1. The summed E-state index contributed by atoms with van der Waals surface area (Å²) < 4.78 is 32.2. The SMILES string of the molecule is O=C(NC12CC3CC(CC(C3)C1)C2)c1cc(S(=O)(=O)N2CCOCC2)c[nH]1. The number of amides is 1. The molecule has 2 N–H and O–H groups in total. The van der Waals surface area contributed by atoms with Crippen molar-refractivity contribution in [2.45, 2.75) is 49.0 Å². The topological polar surface area (TPSA) is 91.5 Å². The number of ether oxygens (including phenoxy) is 1. The lowest BCUT2D eigenvalue weighted by atomic mass is 9.53. The number of aromatic amines is 1. The Bertz CT molecular complexity index is 806. The van der Waals surface area contributed by atoms with E-state index < -0.39 is 10.0 Å².